The molecule has 0 spiro atoms. The van der Waals surface area contributed by atoms with Gasteiger partial charge in [-0.05, 0) is 37.1 Å². The molecule has 2 aromatic heterocycles. The fourth-order valence-electron chi connectivity index (χ4n) is 3.89. The number of aromatic nitrogens is 4. The molecule has 2 N–H and O–H groups in total. The van der Waals surface area contributed by atoms with Crippen LogP contribution in [0.4, 0.5) is 0 Å². The van der Waals surface area contributed by atoms with Crippen LogP contribution in [0.5, 0.6) is 0 Å². The van der Waals surface area contributed by atoms with Gasteiger partial charge in [0, 0.05) is 13.1 Å². The zero-order valence-electron chi connectivity index (χ0n) is 19.4. The number of hydrogen-bond donors (Lipinski definition) is 2. The summed E-state index contributed by atoms with van der Waals surface area (Å²) in [5.41, 5.74) is 3.52. The van der Waals surface area contributed by atoms with Gasteiger partial charge in [0.15, 0.2) is 0 Å². The number of nitrogens with one attached hydrogen (secondary N) is 2. The Hall–Kier alpha value is -4.68. The summed E-state index contributed by atoms with van der Waals surface area (Å²) in [5.74, 6) is 0. The van der Waals surface area contributed by atoms with Crippen molar-refractivity contribution >= 4 is 12.2 Å². The fraction of sp³-hybridized carbons (Fsp3) is 0.148. The van der Waals surface area contributed by atoms with Crippen molar-refractivity contribution in [3.05, 3.63) is 119 Å². The third-order valence-corrected chi connectivity index (χ3v) is 5.66. The van der Waals surface area contributed by atoms with E-state index in [0.717, 1.165) is 9.13 Å². The van der Waals surface area contributed by atoms with E-state index < -0.39 is 22.5 Å². The topological polar surface area (TPSA) is 110 Å². The van der Waals surface area contributed by atoms with Crippen LogP contribution in [0, 0.1) is 0 Å². The van der Waals surface area contributed by atoms with Crippen molar-refractivity contribution in [1.29, 1.82) is 0 Å². The van der Waals surface area contributed by atoms with Crippen molar-refractivity contribution in [2.75, 3.05) is 0 Å². The molecule has 0 fully saturated rings. The van der Waals surface area contributed by atoms with Gasteiger partial charge in [-0.1, -0.05) is 60.7 Å². The minimum atomic E-state index is -0.504. The quantitative estimate of drug-likeness (QED) is 0.424. The van der Waals surface area contributed by atoms with Crippen LogP contribution in [0.3, 0.4) is 0 Å². The summed E-state index contributed by atoms with van der Waals surface area (Å²) in [5, 5.41) is 0. The molecule has 0 saturated carbocycles. The summed E-state index contributed by atoms with van der Waals surface area (Å²) in [6, 6.07) is 18.1. The largest absolute Gasteiger partial charge is 0.328 e. The predicted molar refractivity (Wildman–Crippen MR) is 137 cm³/mol. The van der Waals surface area contributed by atoms with Gasteiger partial charge in [-0.25, -0.2) is 9.59 Å². The van der Waals surface area contributed by atoms with Gasteiger partial charge in [0.1, 0.15) is 0 Å². The highest BCUT2D eigenvalue weighted by Crippen LogP contribution is 2.20. The van der Waals surface area contributed by atoms with Gasteiger partial charge < -0.3 is 9.97 Å². The Bertz CT molecular complexity index is 1540. The van der Waals surface area contributed by atoms with Gasteiger partial charge in [0.2, 0.25) is 0 Å². The predicted octanol–water partition coefficient (Wildman–Crippen LogP) is 3.09. The maximum absolute atomic E-state index is 13.1. The molecule has 8 heteroatoms. The normalized spacial score (nSPS) is 10.6. The molecule has 4 rings (SSSR count). The summed E-state index contributed by atoms with van der Waals surface area (Å²) in [7, 11) is 0. The Labute approximate surface area is 200 Å². The third-order valence-electron chi connectivity index (χ3n) is 5.66. The average Bonchev–Trinajstić information content (AvgIpc) is 2.87. The average molecular weight is 469 g/mol. The second-order valence-electron chi connectivity index (χ2n) is 7.72. The second kappa shape index (κ2) is 10.1. The molecular formula is C27H24N4O4. The van der Waals surface area contributed by atoms with Crippen LogP contribution in [0.25, 0.3) is 34.7 Å². The summed E-state index contributed by atoms with van der Waals surface area (Å²) in [6.45, 7) is 3.82. The minimum absolute atomic E-state index is 0.201. The first kappa shape index (κ1) is 23.5. The first-order valence-electron chi connectivity index (χ1n) is 11.2. The van der Waals surface area contributed by atoms with E-state index in [0.29, 0.717) is 22.5 Å². The zero-order valence-corrected chi connectivity index (χ0v) is 19.4. The lowest BCUT2D eigenvalue weighted by Crippen LogP contribution is -2.36. The smallest absolute Gasteiger partial charge is 0.306 e. The number of rotatable bonds is 6. The molecule has 8 nitrogen and oxygen atoms in total. The van der Waals surface area contributed by atoms with Crippen LogP contribution in [0.1, 0.15) is 25.0 Å². The number of aromatic amines is 2. The van der Waals surface area contributed by atoms with Gasteiger partial charge in [-0.2, -0.15) is 0 Å². The first-order chi connectivity index (χ1) is 17.0. The highest BCUT2D eigenvalue weighted by Gasteiger charge is 2.14. The van der Waals surface area contributed by atoms with E-state index in [4.69, 9.17) is 0 Å². The number of nitrogens with zero attached hydrogens (tertiary/aromatic N) is 2. The minimum Gasteiger partial charge on any atom is -0.306 e. The standard InChI is InChI=1S/C27H24N4O4/c1-3-30-24(32)20(22(28-26(30)34)18-12-7-5-8-13-18)16-11-17-21-23(19-14-9-6-10-15-19)29-27(35)31(4-2)25(21)33/h5-10,12-17H,3-4H2,1-2H3,(H,28,34)(H,29,35). The van der Waals surface area contributed by atoms with Crippen LogP contribution in [0.2, 0.25) is 0 Å². The molecule has 0 aliphatic rings. The van der Waals surface area contributed by atoms with Crippen LogP contribution in [-0.4, -0.2) is 19.1 Å². The van der Waals surface area contributed by atoms with Gasteiger partial charge in [-0.15, -0.1) is 5.73 Å². The van der Waals surface area contributed by atoms with Crippen molar-refractivity contribution in [1.82, 2.24) is 19.1 Å². The zero-order chi connectivity index (χ0) is 24.9. The van der Waals surface area contributed by atoms with Gasteiger partial charge in [-0.3, -0.25) is 18.7 Å². The number of benzene rings is 2. The molecule has 35 heavy (non-hydrogen) atoms. The molecule has 0 amide bonds. The first-order valence-corrected chi connectivity index (χ1v) is 11.2. The Morgan fingerprint density at radius 1 is 0.657 bits per heavy atom. The molecule has 2 heterocycles. The van der Waals surface area contributed by atoms with Crippen molar-refractivity contribution in [3.8, 4) is 22.5 Å². The van der Waals surface area contributed by atoms with Crippen LogP contribution >= 0.6 is 0 Å². The van der Waals surface area contributed by atoms with E-state index in [1.807, 2.05) is 36.4 Å². The molecule has 0 aliphatic carbocycles. The molecule has 0 aliphatic heterocycles. The van der Waals surface area contributed by atoms with E-state index in [9.17, 15) is 19.2 Å². The monoisotopic (exact) mass is 468 g/mol. The summed E-state index contributed by atoms with van der Waals surface area (Å²) < 4.78 is 2.19. The molecule has 0 radical (unpaired) electrons. The molecule has 0 saturated heterocycles. The van der Waals surface area contributed by atoms with Crippen molar-refractivity contribution in [2.24, 2.45) is 0 Å². The van der Waals surface area contributed by atoms with Crippen molar-refractivity contribution in [3.63, 3.8) is 0 Å². The van der Waals surface area contributed by atoms with Crippen molar-refractivity contribution in [2.45, 2.75) is 26.9 Å². The highest BCUT2D eigenvalue weighted by atomic mass is 16.2. The summed E-state index contributed by atoms with van der Waals surface area (Å²) in [6.07, 6.45) is 2.89. The molecule has 0 unspecified atom stereocenters. The number of H-pyrrole nitrogens is 2. The van der Waals surface area contributed by atoms with E-state index in [1.54, 1.807) is 38.1 Å². The Balaban J connectivity index is 1.96. The summed E-state index contributed by atoms with van der Waals surface area (Å²) in [4.78, 5) is 56.7. The van der Waals surface area contributed by atoms with Gasteiger partial charge in [0.05, 0.1) is 22.5 Å². The molecule has 4 aromatic rings. The molecule has 2 aromatic carbocycles. The van der Waals surface area contributed by atoms with Gasteiger partial charge in [0.25, 0.3) is 11.1 Å². The molecule has 176 valence electrons. The molecule has 0 atom stereocenters. The Morgan fingerprint density at radius 2 is 1.03 bits per heavy atom. The maximum Gasteiger partial charge on any atom is 0.328 e. The van der Waals surface area contributed by atoms with E-state index in [1.165, 1.54) is 12.2 Å². The highest BCUT2D eigenvalue weighted by molar-refractivity contribution is 5.75. The van der Waals surface area contributed by atoms with Crippen molar-refractivity contribution < 1.29 is 0 Å². The number of hydrogen-bond acceptors (Lipinski definition) is 4. The third kappa shape index (κ3) is 4.55. The van der Waals surface area contributed by atoms with E-state index in [-0.39, 0.29) is 24.2 Å². The van der Waals surface area contributed by atoms with Gasteiger partial charge >= 0.3 is 11.4 Å². The molecular weight excluding hydrogens is 444 g/mol. The fourth-order valence-corrected chi connectivity index (χ4v) is 3.89. The Kier molecular flexibility index (Phi) is 6.76. The summed E-state index contributed by atoms with van der Waals surface area (Å²) >= 11 is 0. The van der Waals surface area contributed by atoms with E-state index in [2.05, 4.69) is 15.7 Å². The SMILES string of the molecule is CCn1c(=O)[nH]c(-c2ccccc2)c(C=C=Cc2c(-c3ccccc3)[nH]c(=O)n(CC)c2=O)c1=O. The lowest BCUT2D eigenvalue weighted by molar-refractivity contribution is 0.672. The van der Waals surface area contributed by atoms with Crippen LogP contribution < -0.4 is 22.5 Å². The van der Waals surface area contributed by atoms with Crippen LogP contribution in [-0.2, 0) is 13.1 Å². The Morgan fingerprint density at radius 3 is 1.37 bits per heavy atom. The lowest BCUT2D eigenvalue weighted by Gasteiger charge is -2.09. The second-order valence-corrected chi connectivity index (χ2v) is 7.72. The molecule has 0 bridgehead atoms. The lowest BCUT2D eigenvalue weighted by atomic mass is 10.1. The van der Waals surface area contributed by atoms with E-state index >= 15 is 0 Å². The van der Waals surface area contributed by atoms with Crippen LogP contribution in [0.15, 0.2) is 85.6 Å². The maximum atomic E-state index is 13.1.